The summed E-state index contributed by atoms with van der Waals surface area (Å²) in [6.07, 6.45) is 3.02. The van der Waals surface area contributed by atoms with Crippen LogP contribution < -0.4 is 5.32 Å². The Bertz CT molecular complexity index is 450. The second-order valence-electron chi connectivity index (χ2n) is 4.59. The van der Waals surface area contributed by atoms with Crippen LogP contribution in [0.15, 0.2) is 22.7 Å². The fraction of sp³-hybridized carbons (Fsp3) is 0.462. The molecule has 1 saturated carbocycles. The van der Waals surface area contributed by atoms with Crippen LogP contribution in [-0.4, -0.2) is 28.3 Å². The number of carbonyl (C=O) groups excluding carboxylic acids is 1. The molecule has 1 amide bonds. The highest BCUT2D eigenvalue weighted by Crippen LogP contribution is 2.23. The summed E-state index contributed by atoms with van der Waals surface area (Å²) in [7, 11) is 0. The van der Waals surface area contributed by atoms with Crippen molar-refractivity contribution in [2.45, 2.75) is 37.8 Å². The number of nitrogens with one attached hydrogen (secondary N) is 1. The lowest BCUT2D eigenvalue weighted by Gasteiger charge is -2.28. The molecule has 0 bridgehead atoms. The predicted molar refractivity (Wildman–Crippen MR) is 71.5 cm³/mol. The van der Waals surface area contributed by atoms with Gasteiger partial charge in [0.25, 0.3) is 5.91 Å². The Balaban J connectivity index is 2.07. The molecule has 4 nitrogen and oxygen atoms in total. The van der Waals surface area contributed by atoms with Crippen LogP contribution in [0.3, 0.4) is 0 Å². The molecule has 1 fully saturated rings. The maximum absolute atomic E-state index is 12.0. The quantitative estimate of drug-likeness (QED) is 0.784. The van der Waals surface area contributed by atoms with E-state index < -0.39 is 6.10 Å². The van der Waals surface area contributed by atoms with Gasteiger partial charge in [-0.15, -0.1) is 0 Å². The number of phenols is 1. The molecule has 0 aromatic heterocycles. The summed E-state index contributed by atoms with van der Waals surface area (Å²) in [4.78, 5) is 12.0. The number of benzene rings is 1. The van der Waals surface area contributed by atoms with Crippen molar-refractivity contribution in [3.05, 3.63) is 28.2 Å². The number of phenolic OH excluding ortho intramolecular Hbond substituents is 1. The van der Waals surface area contributed by atoms with Crippen molar-refractivity contribution in [3.8, 4) is 5.75 Å². The molecule has 0 radical (unpaired) electrons. The molecule has 1 aliphatic carbocycles. The van der Waals surface area contributed by atoms with Crippen molar-refractivity contribution < 1.29 is 15.0 Å². The third-order valence-corrected chi connectivity index (χ3v) is 3.74. The minimum atomic E-state index is -0.486. The van der Waals surface area contributed by atoms with Crippen LogP contribution in [0.1, 0.15) is 36.0 Å². The molecule has 2 rings (SSSR count). The van der Waals surface area contributed by atoms with E-state index >= 15 is 0 Å². The first kappa shape index (κ1) is 13.4. The molecule has 1 aliphatic rings. The number of hydrogen-bond donors (Lipinski definition) is 3. The van der Waals surface area contributed by atoms with E-state index in [-0.39, 0.29) is 23.3 Å². The van der Waals surface area contributed by atoms with Crippen molar-refractivity contribution >= 4 is 21.8 Å². The van der Waals surface area contributed by atoms with E-state index in [0.717, 1.165) is 25.7 Å². The predicted octanol–water partition coefficient (Wildman–Crippen LogP) is 2.19. The van der Waals surface area contributed by atoms with Crippen LogP contribution in [-0.2, 0) is 0 Å². The Morgan fingerprint density at radius 2 is 2.06 bits per heavy atom. The molecule has 0 spiro atoms. The van der Waals surface area contributed by atoms with E-state index in [9.17, 15) is 15.0 Å². The van der Waals surface area contributed by atoms with Crippen LogP contribution in [0, 0.1) is 0 Å². The van der Waals surface area contributed by atoms with E-state index in [1.807, 2.05) is 0 Å². The molecular weight excluding hydrogens is 298 g/mol. The molecule has 0 aliphatic heterocycles. The van der Waals surface area contributed by atoms with E-state index in [2.05, 4.69) is 21.2 Å². The van der Waals surface area contributed by atoms with Crippen LogP contribution in [0.25, 0.3) is 0 Å². The molecule has 0 saturated heterocycles. The number of carbonyl (C=O) groups is 1. The number of amides is 1. The van der Waals surface area contributed by atoms with Gasteiger partial charge in [0, 0.05) is 4.47 Å². The molecule has 3 N–H and O–H groups in total. The van der Waals surface area contributed by atoms with Gasteiger partial charge < -0.3 is 15.5 Å². The van der Waals surface area contributed by atoms with Gasteiger partial charge in [-0.3, -0.25) is 4.79 Å². The highest BCUT2D eigenvalue weighted by molar-refractivity contribution is 9.10. The Morgan fingerprint density at radius 3 is 2.72 bits per heavy atom. The number of aromatic hydroxyl groups is 1. The van der Waals surface area contributed by atoms with Crippen molar-refractivity contribution in [1.29, 1.82) is 0 Å². The average Bonchev–Trinajstić information content (AvgIpc) is 2.32. The van der Waals surface area contributed by atoms with Gasteiger partial charge in [0.05, 0.1) is 17.7 Å². The monoisotopic (exact) mass is 313 g/mol. The van der Waals surface area contributed by atoms with Gasteiger partial charge in [0.2, 0.25) is 0 Å². The lowest BCUT2D eigenvalue weighted by atomic mass is 9.92. The molecule has 0 heterocycles. The summed E-state index contributed by atoms with van der Waals surface area (Å²) in [6.45, 7) is 0. The van der Waals surface area contributed by atoms with E-state index in [1.165, 1.54) is 6.07 Å². The van der Waals surface area contributed by atoms with Gasteiger partial charge in [-0.1, -0.05) is 28.8 Å². The lowest BCUT2D eigenvalue weighted by Crippen LogP contribution is -2.45. The Hall–Kier alpha value is -1.07. The van der Waals surface area contributed by atoms with Gasteiger partial charge in [-0.2, -0.15) is 0 Å². The smallest absolute Gasteiger partial charge is 0.255 e. The van der Waals surface area contributed by atoms with Crippen LogP contribution >= 0.6 is 15.9 Å². The lowest BCUT2D eigenvalue weighted by molar-refractivity contribution is 0.0715. The third-order valence-electron chi connectivity index (χ3n) is 3.25. The van der Waals surface area contributed by atoms with Gasteiger partial charge in [0.15, 0.2) is 0 Å². The van der Waals surface area contributed by atoms with Crippen molar-refractivity contribution in [2.75, 3.05) is 0 Å². The molecule has 2 atom stereocenters. The van der Waals surface area contributed by atoms with Crippen LogP contribution in [0.2, 0.25) is 0 Å². The van der Waals surface area contributed by atoms with E-state index in [0.29, 0.717) is 4.47 Å². The minimum absolute atomic E-state index is 0.0628. The Kier molecular flexibility index (Phi) is 4.24. The van der Waals surface area contributed by atoms with E-state index in [4.69, 9.17) is 0 Å². The number of hydrogen-bond acceptors (Lipinski definition) is 3. The zero-order valence-electron chi connectivity index (χ0n) is 9.90. The topological polar surface area (TPSA) is 69.6 Å². The summed E-state index contributed by atoms with van der Waals surface area (Å²) < 4.78 is 0.717. The van der Waals surface area contributed by atoms with Crippen LogP contribution in [0.4, 0.5) is 0 Å². The second-order valence-corrected chi connectivity index (χ2v) is 5.51. The minimum Gasteiger partial charge on any atom is -0.507 e. The zero-order chi connectivity index (χ0) is 13.1. The van der Waals surface area contributed by atoms with Gasteiger partial charge in [-0.25, -0.2) is 0 Å². The van der Waals surface area contributed by atoms with Crippen molar-refractivity contribution in [1.82, 2.24) is 5.32 Å². The average molecular weight is 314 g/mol. The number of rotatable bonds is 2. The maximum Gasteiger partial charge on any atom is 0.255 e. The largest absolute Gasteiger partial charge is 0.507 e. The number of aliphatic hydroxyl groups is 1. The van der Waals surface area contributed by atoms with Gasteiger partial charge in [0.1, 0.15) is 5.75 Å². The standard InChI is InChI=1S/C13H16BrNO3/c14-8-5-6-9(12(17)7-8)13(18)15-10-3-1-2-4-11(10)16/h5-7,10-11,16-17H,1-4H2,(H,15,18). The van der Waals surface area contributed by atoms with Gasteiger partial charge in [-0.05, 0) is 31.0 Å². The second kappa shape index (κ2) is 5.71. The highest BCUT2D eigenvalue weighted by Gasteiger charge is 2.25. The molecule has 1 aromatic carbocycles. The Labute approximate surface area is 114 Å². The van der Waals surface area contributed by atoms with Crippen molar-refractivity contribution in [2.24, 2.45) is 0 Å². The first-order valence-corrected chi connectivity index (χ1v) is 6.84. The number of halogens is 1. The summed E-state index contributed by atoms with van der Waals surface area (Å²) in [6, 6.07) is 4.52. The molecule has 18 heavy (non-hydrogen) atoms. The molecule has 5 heteroatoms. The first-order valence-electron chi connectivity index (χ1n) is 6.05. The normalized spacial score (nSPS) is 23.7. The fourth-order valence-electron chi connectivity index (χ4n) is 2.22. The van der Waals surface area contributed by atoms with Gasteiger partial charge >= 0.3 is 0 Å². The van der Waals surface area contributed by atoms with E-state index in [1.54, 1.807) is 12.1 Å². The summed E-state index contributed by atoms with van der Waals surface area (Å²) in [5.41, 5.74) is 0.232. The SMILES string of the molecule is O=C(NC1CCCCC1O)c1ccc(Br)cc1O. The first-order chi connectivity index (χ1) is 8.58. The number of aliphatic hydroxyl groups excluding tert-OH is 1. The summed E-state index contributed by atoms with van der Waals surface area (Å²) in [5.74, 6) is -0.405. The zero-order valence-corrected chi connectivity index (χ0v) is 11.5. The fourth-order valence-corrected chi connectivity index (χ4v) is 2.57. The Morgan fingerprint density at radius 1 is 1.33 bits per heavy atom. The highest BCUT2D eigenvalue weighted by atomic mass is 79.9. The molecule has 2 unspecified atom stereocenters. The summed E-state index contributed by atoms with van der Waals surface area (Å²) in [5, 5.41) is 22.3. The van der Waals surface area contributed by atoms with Crippen molar-refractivity contribution in [3.63, 3.8) is 0 Å². The molecule has 1 aromatic rings. The molecule has 98 valence electrons. The van der Waals surface area contributed by atoms with Crippen LogP contribution in [0.5, 0.6) is 5.75 Å². The maximum atomic E-state index is 12.0. The molecular formula is C13H16BrNO3. The summed E-state index contributed by atoms with van der Waals surface area (Å²) >= 11 is 3.22. The third kappa shape index (κ3) is 3.03.